The maximum absolute atomic E-state index is 11.0. The summed E-state index contributed by atoms with van der Waals surface area (Å²) >= 11 is 0. The third-order valence-corrected chi connectivity index (χ3v) is 4.17. The van der Waals surface area contributed by atoms with E-state index in [0.29, 0.717) is 5.92 Å². The van der Waals surface area contributed by atoms with Crippen molar-refractivity contribution in [3.05, 3.63) is 42.1 Å². The fourth-order valence-electron chi connectivity index (χ4n) is 3.02. The smallest absolute Gasteiger partial charge is 0.306 e. The van der Waals surface area contributed by atoms with Gasteiger partial charge in [-0.25, -0.2) is 0 Å². The van der Waals surface area contributed by atoms with Gasteiger partial charge in [-0.15, -0.1) is 0 Å². The van der Waals surface area contributed by atoms with Gasteiger partial charge in [-0.1, -0.05) is 12.1 Å². The monoisotopic (exact) mass is 255 g/mol. The number of carbonyl (C=O) groups is 1. The van der Waals surface area contributed by atoms with E-state index >= 15 is 0 Å². The summed E-state index contributed by atoms with van der Waals surface area (Å²) < 4.78 is 0. The van der Waals surface area contributed by atoms with E-state index in [2.05, 4.69) is 29.2 Å². The highest BCUT2D eigenvalue weighted by Gasteiger charge is 2.26. The zero-order valence-electron chi connectivity index (χ0n) is 10.7. The molecule has 0 amide bonds. The van der Waals surface area contributed by atoms with Gasteiger partial charge in [0.2, 0.25) is 0 Å². The number of nitrogens with zero attached hydrogens (tertiary/aromatic N) is 1. The van der Waals surface area contributed by atoms with Crippen LogP contribution in [0.4, 0.5) is 0 Å². The molecule has 3 heteroatoms. The van der Waals surface area contributed by atoms with Crippen LogP contribution in [-0.2, 0) is 4.79 Å². The number of hydrogen-bond acceptors (Lipinski definition) is 2. The molecule has 1 saturated carbocycles. The molecule has 1 aliphatic carbocycles. The lowest BCUT2D eigenvalue weighted by Gasteiger charge is -2.26. The molecule has 1 heterocycles. The van der Waals surface area contributed by atoms with Crippen LogP contribution in [0.2, 0.25) is 0 Å². The summed E-state index contributed by atoms with van der Waals surface area (Å²) in [6.45, 7) is 0. The quantitative estimate of drug-likeness (QED) is 0.892. The van der Waals surface area contributed by atoms with E-state index in [1.54, 1.807) is 6.20 Å². The zero-order valence-corrected chi connectivity index (χ0v) is 10.7. The lowest BCUT2D eigenvalue weighted by atomic mass is 9.78. The highest BCUT2D eigenvalue weighted by Crippen LogP contribution is 2.36. The van der Waals surface area contributed by atoms with E-state index in [1.165, 1.54) is 10.9 Å². The molecule has 19 heavy (non-hydrogen) atoms. The van der Waals surface area contributed by atoms with Crippen LogP contribution in [0.3, 0.4) is 0 Å². The molecular formula is C16H17NO2. The van der Waals surface area contributed by atoms with Crippen molar-refractivity contribution in [2.45, 2.75) is 31.6 Å². The molecular weight excluding hydrogens is 238 g/mol. The Bertz CT molecular complexity index is 600. The number of hydrogen-bond donors (Lipinski definition) is 1. The molecule has 0 spiro atoms. The lowest BCUT2D eigenvalue weighted by Crippen LogP contribution is -2.20. The SMILES string of the molecule is O=C(O)C1CCC(c2ccc3ncccc3c2)CC1. The van der Waals surface area contributed by atoms with Gasteiger partial charge in [0.1, 0.15) is 0 Å². The maximum Gasteiger partial charge on any atom is 0.306 e. The first-order valence-electron chi connectivity index (χ1n) is 6.81. The summed E-state index contributed by atoms with van der Waals surface area (Å²) in [6.07, 6.45) is 5.35. The Morgan fingerprint density at radius 3 is 2.68 bits per heavy atom. The summed E-state index contributed by atoms with van der Waals surface area (Å²) in [5.41, 5.74) is 2.34. The molecule has 0 atom stereocenters. The molecule has 2 aromatic rings. The highest BCUT2D eigenvalue weighted by atomic mass is 16.4. The topological polar surface area (TPSA) is 50.2 Å². The number of rotatable bonds is 2. The van der Waals surface area contributed by atoms with Crippen molar-refractivity contribution in [3.63, 3.8) is 0 Å². The van der Waals surface area contributed by atoms with Crippen LogP contribution >= 0.6 is 0 Å². The molecule has 0 aliphatic heterocycles. The minimum absolute atomic E-state index is 0.140. The summed E-state index contributed by atoms with van der Waals surface area (Å²) in [7, 11) is 0. The Morgan fingerprint density at radius 2 is 1.95 bits per heavy atom. The Labute approximate surface area is 112 Å². The molecule has 1 N–H and O–H groups in total. The van der Waals surface area contributed by atoms with Crippen molar-refractivity contribution in [2.24, 2.45) is 5.92 Å². The van der Waals surface area contributed by atoms with Crippen LogP contribution in [0, 0.1) is 5.92 Å². The summed E-state index contributed by atoms with van der Waals surface area (Å²) in [6, 6.07) is 10.4. The van der Waals surface area contributed by atoms with E-state index in [4.69, 9.17) is 5.11 Å². The highest BCUT2D eigenvalue weighted by molar-refractivity contribution is 5.79. The minimum Gasteiger partial charge on any atom is -0.481 e. The number of fused-ring (bicyclic) bond motifs is 1. The third-order valence-electron chi connectivity index (χ3n) is 4.17. The van der Waals surface area contributed by atoms with Crippen molar-refractivity contribution in [2.75, 3.05) is 0 Å². The molecule has 98 valence electrons. The molecule has 1 aromatic heterocycles. The predicted octanol–water partition coefficient (Wildman–Crippen LogP) is 3.59. The first kappa shape index (κ1) is 12.2. The Hall–Kier alpha value is -1.90. The fraction of sp³-hybridized carbons (Fsp3) is 0.375. The number of carboxylic acids is 1. The second kappa shape index (κ2) is 5.00. The van der Waals surface area contributed by atoms with Gasteiger partial charge >= 0.3 is 5.97 Å². The van der Waals surface area contributed by atoms with E-state index < -0.39 is 5.97 Å². The van der Waals surface area contributed by atoms with Crippen molar-refractivity contribution in [3.8, 4) is 0 Å². The summed E-state index contributed by atoms with van der Waals surface area (Å²) in [4.78, 5) is 15.3. The summed E-state index contributed by atoms with van der Waals surface area (Å²) in [5, 5.41) is 10.2. The van der Waals surface area contributed by atoms with Crippen LogP contribution in [0.1, 0.15) is 37.2 Å². The van der Waals surface area contributed by atoms with Gasteiger partial charge in [0.25, 0.3) is 0 Å². The Balaban J connectivity index is 1.80. The second-order valence-electron chi connectivity index (χ2n) is 5.34. The van der Waals surface area contributed by atoms with E-state index in [1.807, 2.05) is 6.07 Å². The number of carboxylic acid groups (broad SMARTS) is 1. The molecule has 1 fully saturated rings. The van der Waals surface area contributed by atoms with E-state index in [9.17, 15) is 4.79 Å². The van der Waals surface area contributed by atoms with Crippen molar-refractivity contribution in [1.82, 2.24) is 4.98 Å². The number of aromatic nitrogens is 1. The molecule has 3 nitrogen and oxygen atoms in total. The van der Waals surface area contributed by atoms with Crippen molar-refractivity contribution >= 4 is 16.9 Å². The fourth-order valence-corrected chi connectivity index (χ4v) is 3.02. The van der Waals surface area contributed by atoms with Gasteiger partial charge in [-0.2, -0.15) is 0 Å². The molecule has 0 bridgehead atoms. The third kappa shape index (κ3) is 2.46. The largest absolute Gasteiger partial charge is 0.481 e. The van der Waals surface area contributed by atoms with Crippen LogP contribution in [0.15, 0.2) is 36.5 Å². The maximum atomic E-state index is 11.0. The van der Waals surface area contributed by atoms with Gasteiger partial charge in [0.15, 0.2) is 0 Å². The predicted molar refractivity (Wildman–Crippen MR) is 74.1 cm³/mol. The lowest BCUT2D eigenvalue weighted by molar-refractivity contribution is -0.142. The molecule has 0 radical (unpaired) electrons. The zero-order chi connectivity index (χ0) is 13.2. The Morgan fingerprint density at radius 1 is 1.16 bits per heavy atom. The number of pyridine rings is 1. The minimum atomic E-state index is -0.638. The Kier molecular flexibility index (Phi) is 3.20. The molecule has 3 rings (SSSR count). The molecule has 0 unspecified atom stereocenters. The molecule has 1 aromatic carbocycles. The van der Waals surface area contributed by atoms with Crippen LogP contribution in [0.5, 0.6) is 0 Å². The van der Waals surface area contributed by atoms with Gasteiger partial charge in [0.05, 0.1) is 11.4 Å². The van der Waals surface area contributed by atoms with Crippen LogP contribution < -0.4 is 0 Å². The van der Waals surface area contributed by atoms with Crippen LogP contribution in [-0.4, -0.2) is 16.1 Å². The van der Waals surface area contributed by atoms with Crippen molar-refractivity contribution < 1.29 is 9.90 Å². The standard InChI is InChI=1S/C16H17NO2/c18-16(19)12-5-3-11(4-6-12)13-7-8-15-14(10-13)2-1-9-17-15/h1-2,7-12H,3-6H2,(H,18,19). The first-order valence-corrected chi connectivity index (χ1v) is 6.81. The van der Waals surface area contributed by atoms with Gasteiger partial charge < -0.3 is 5.11 Å². The average molecular weight is 255 g/mol. The molecule has 0 saturated heterocycles. The number of benzene rings is 1. The normalized spacial score (nSPS) is 23.4. The average Bonchev–Trinajstić information content (AvgIpc) is 2.47. The van der Waals surface area contributed by atoms with Crippen molar-refractivity contribution in [1.29, 1.82) is 0 Å². The summed E-state index contributed by atoms with van der Waals surface area (Å²) in [5.74, 6) is -0.278. The first-order chi connectivity index (χ1) is 9.24. The number of aliphatic carboxylic acids is 1. The van der Waals surface area contributed by atoms with Crippen LogP contribution in [0.25, 0.3) is 10.9 Å². The second-order valence-corrected chi connectivity index (χ2v) is 5.34. The molecule has 1 aliphatic rings. The van der Waals surface area contributed by atoms with E-state index in [-0.39, 0.29) is 5.92 Å². The van der Waals surface area contributed by atoms with E-state index in [0.717, 1.165) is 31.2 Å². The van der Waals surface area contributed by atoms with Gasteiger partial charge in [-0.3, -0.25) is 9.78 Å². The van der Waals surface area contributed by atoms with Gasteiger partial charge in [0, 0.05) is 11.6 Å². The van der Waals surface area contributed by atoms with Gasteiger partial charge in [-0.05, 0) is 55.4 Å².